The molecule has 0 unspecified atom stereocenters. The minimum Gasteiger partial charge on any atom is -0.481 e. The second-order valence-electron chi connectivity index (χ2n) is 4.12. The molecule has 0 aliphatic heterocycles. The van der Waals surface area contributed by atoms with Crippen molar-refractivity contribution < 1.29 is 19.4 Å². The number of ether oxygens (including phenoxy) is 1. The molecular formula is C11H19NO4. The minimum absolute atomic E-state index is 0.0225. The van der Waals surface area contributed by atoms with E-state index in [-0.39, 0.29) is 24.9 Å². The molecule has 0 amide bonds. The second-order valence-corrected chi connectivity index (χ2v) is 4.12. The van der Waals surface area contributed by atoms with Crippen LogP contribution < -0.4 is 5.32 Å². The number of carbonyl (C=O) groups excluding carboxylic acids is 1. The molecule has 16 heavy (non-hydrogen) atoms. The molecule has 5 nitrogen and oxygen atoms in total. The molecule has 0 saturated heterocycles. The molecule has 1 rings (SSSR count). The first-order valence-electron chi connectivity index (χ1n) is 5.73. The van der Waals surface area contributed by atoms with Crippen LogP contribution in [0.1, 0.15) is 38.5 Å². The fraction of sp³-hybridized carbons (Fsp3) is 0.818. The van der Waals surface area contributed by atoms with Gasteiger partial charge in [0.05, 0.1) is 0 Å². The summed E-state index contributed by atoms with van der Waals surface area (Å²) in [6.45, 7) is 0. The Morgan fingerprint density at radius 1 is 1.44 bits per heavy atom. The van der Waals surface area contributed by atoms with E-state index in [0.717, 1.165) is 25.7 Å². The van der Waals surface area contributed by atoms with E-state index in [1.807, 2.05) is 0 Å². The van der Waals surface area contributed by atoms with Crippen LogP contribution in [0.2, 0.25) is 0 Å². The van der Waals surface area contributed by atoms with Gasteiger partial charge in [0, 0.05) is 6.42 Å². The van der Waals surface area contributed by atoms with E-state index in [4.69, 9.17) is 9.84 Å². The lowest BCUT2D eigenvalue weighted by atomic mass is 10.1. The molecule has 0 spiro atoms. The zero-order valence-electron chi connectivity index (χ0n) is 9.57. The summed E-state index contributed by atoms with van der Waals surface area (Å²) in [7, 11) is 1.64. The highest BCUT2D eigenvalue weighted by Crippen LogP contribution is 2.21. The summed E-state index contributed by atoms with van der Waals surface area (Å²) in [4.78, 5) is 22.1. The monoisotopic (exact) mass is 229 g/mol. The first kappa shape index (κ1) is 13.0. The van der Waals surface area contributed by atoms with Gasteiger partial charge in [0.25, 0.3) is 0 Å². The highest BCUT2D eigenvalue weighted by Gasteiger charge is 2.24. The van der Waals surface area contributed by atoms with Gasteiger partial charge in [-0.1, -0.05) is 0 Å². The summed E-state index contributed by atoms with van der Waals surface area (Å²) in [5.41, 5.74) is 0. The maximum Gasteiger partial charge on any atom is 0.323 e. The molecule has 0 aromatic carbocycles. The van der Waals surface area contributed by atoms with Crippen LogP contribution in [-0.4, -0.2) is 36.2 Å². The zero-order valence-corrected chi connectivity index (χ0v) is 9.57. The fourth-order valence-electron chi connectivity index (χ4n) is 1.90. The van der Waals surface area contributed by atoms with Gasteiger partial charge < -0.3 is 15.2 Å². The predicted molar refractivity (Wildman–Crippen MR) is 58.1 cm³/mol. The van der Waals surface area contributed by atoms with Crippen molar-refractivity contribution in [3.63, 3.8) is 0 Å². The summed E-state index contributed by atoms with van der Waals surface area (Å²) >= 11 is 0. The van der Waals surface area contributed by atoms with Crippen LogP contribution in [0.3, 0.4) is 0 Å². The van der Waals surface area contributed by atoms with Gasteiger partial charge in [-0.25, -0.2) is 0 Å². The van der Waals surface area contributed by atoms with Gasteiger partial charge in [0.1, 0.15) is 12.1 Å². The Morgan fingerprint density at radius 2 is 2.06 bits per heavy atom. The van der Waals surface area contributed by atoms with Crippen molar-refractivity contribution >= 4 is 11.9 Å². The number of esters is 1. The van der Waals surface area contributed by atoms with E-state index < -0.39 is 12.0 Å². The van der Waals surface area contributed by atoms with Crippen molar-refractivity contribution in [3.05, 3.63) is 0 Å². The average molecular weight is 229 g/mol. The molecule has 0 heterocycles. The fourth-order valence-corrected chi connectivity index (χ4v) is 1.90. The van der Waals surface area contributed by atoms with E-state index in [9.17, 15) is 9.59 Å². The van der Waals surface area contributed by atoms with Gasteiger partial charge >= 0.3 is 11.9 Å². The normalized spacial score (nSPS) is 18.3. The highest BCUT2D eigenvalue weighted by molar-refractivity contribution is 5.77. The van der Waals surface area contributed by atoms with E-state index in [2.05, 4.69) is 5.32 Å². The third kappa shape index (κ3) is 4.18. The molecule has 2 N–H and O–H groups in total. The quantitative estimate of drug-likeness (QED) is 0.662. The average Bonchev–Trinajstić information content (AvgIpc) is 2.71. The van der Waals surface area contributed by atoms with Gasteiger partial charge in [-0.3, -0.25) is 9.59 Å². The highest BCUT2D eigenvalue weighted by atomic mass is 16.5. The van der Waals surface area contributed by atoms with E-state index in [0.29, 0.717) is 0 Å². The Kier molecular flexibility index (Phi) is 5.25. The van der Waals surface area contributed by atoms with Crippen LogP contribution in [0.25, 0.3) is 0 Å². The summed E-state index contributed by atoms with van der Waals surface area (Å²) in [6, 6.07) is -0.503. The molecule has 5 heteroatoms. The number of carboxylic acids is 1. The van der Waals surface area contributed by atoms with Crippen molar-refractivity contribution in [1.82, 2.24) is 5.32 Å². The predicted octanol–water partition coefficient (Wildman–Crippen LogP) is 0.925. The number of nitrogens with one attached hydrogen (secondary N) is 1. The zero-order chi connectivity index (χ0) is 12.0. The molecule has 0 aromatic heterocycles. The Hall–Kier alpha value is -1.10. The third-order valence-electron chi connectivity index (χ3n) is 2.86. The Balaban J connectivity index is 2.32. The summed E-state index contributed by atoms with van der Waals surface area (Å²) in [6.07, 6.45) is 4.37. The smallest absolute Gasteiger partial charge is 0.323 e. The standard InChI is InChI=1S/C11H19NO4/c1-12-9(6-7-10(13)14)11(15)16-8-4-2-3-5-8/h8-9,12H,2-7H2,1H3,(H,13,14)/t9-/m0/s1. The summed E-state index contributed by atoms with van der Waals surface area (Å²) < 4.78 is 5.30. The molecule has 1 aliphatic rings. The number of aliphatic carboxylic acids is 1. The van der Waals surface area contributed by atoms with Gasteiger partial charge in [0.2, 0.25) is 0 Å². The SMILES string of the molecule is CN[C@@H](CCC(=O)O)C(=O)OC1CCCC1. The van der Waals surface area contributed by atoms with Crippen LogP contribution in [0.15, 0.2) is 0 Å². The van der Waals surface area contributed by atoms with Crippen molar-refractivity contribution in [2.75, 3.05) is 7.05 Å². The van der Waals surface area contributed by atoms with Gasteiger partial charge in [-0.05, 0) is 39.2 Å². The third-order valence-corrected chi connectivity index (χ3v) is 2.86. The number of carbonyl (C=O) groups is 2. The Labute approximate surface area is 95.2 Å². The van der Waals surface area contributed by atoms with Crippen molar-refractivity contribution in [3.8, 4) is 0 Å². The number of hydrogen-bond donors (Lipinski definition) is 2. The van der Waals surface area contributed by atoms with E-state index in [1.54, 1.807) is 7.05 Å². The maximum atomic E-state index is 11.7. The van der Waals surface area contributed by atoms with Gasteiger partial charge in [-0.2, -0.15) is 0 Å². The molecule has 0 bridgehead atoms. The first-order valence-corrected chi connectivity index (χ1v) is 5.73. The van der Waals surface area contributed by atoms with Crippen LogP contribution in [-0.2, 0) is 14.3 Å². The Morgan fingerprint density at radius 3 is 2.56 bits per heavy atom. The molecule has 0 radical (unpaired) electrons. The van der Waals surface area contributed by atoms with Crippen molar-refractivity contribution in [2.24, 2.45) is 0 Å². The van der Waals surface area contributed by atoms with Crippen LogP contribution in [0.4, 0.5) is 0 Å². The van der Waals surface area contributed by atoms with Crippen molar-refractivity contribution in [1.29, 1.82) is 0 Å². The summed E-state index contributed by atoms with van der Waals surface area (Å²) in [5.74, 6) is -1.22. The molecule has 1 fully saturated rings. The number of likely N-dealkylation sites (N-methyl/N-ethyl adjacent to an activating group) is 1. The number of hydrogen-bond acceptors (Lipinski definition) is 4. The lowest BCUT2D eigenvalue weighted by Gasteiger charge is -2.17. The topological polar surface area (TPSA) is 75.6 Å². The number of carboxylic acid groups (broad SMARTS) is 1. The molecular weight excluding hydrogens is 210 g/mol. The molecule has 92 valence electrons. The minimum atomic E-state index is -0.895. The van der Waals surface area contributed by atoms with Crippen molar-refractivity contribution in [2.45, 2.75) is 50.7 Å². The van der Waals surface area contributed by atoms with Crippen LogP contribution in [0.5, 0.6) is 0 Å². The lowest BCUT2D eigenvalue weighted by molar-refractivity contribution is -0.151. The molecule has 1 saturated carbocycles. The van der Waals surface area contributed by atoms with E-state index >= 15 is 0 Å². The van der Waals surface area contributed by atoms with Gasteiger partial charge in [0.15, 0.2) is 0 Å². The van der Waals surface area contributed by atoms with E-state index in [1.165, 1.54) is 0 Å². The lowest BCUT2D eigenvalue weighted by Crippen LogP contribution is -2.37. The molecule has 0 aromatic rings. The summed E-state index contributed by atoms with van der Waals surface area (Å²) in [5, 5.41) is 11.3. The largest absolute Gasteiger partial charge is 0.481 e. The first-order chi connectivity index (χ1) is 7.63. The van der Waals surface area contributed by atoms with Gasteiger partial charge in [-0.15, -0.1) is 0 Å². The second kappa shape index (κ2) is 6.48. The van der Waals surface area contributed by atoms with Crippen LogP contribution in [0, 0.1) is 0 Å². The number of rotatable bonds is 6. The Bertz CT molecular complexity index is 248. The van der Waals surface area contributed by atoms with Crippen LogP contribution >= 0.6 is 0 Å². The molecule has 1 atom stereocenters. The molecule has 1 aliphatic carbocycles. The maximum absolute atomic E-state index is 11.7.